The zero-order chi connectivity index (χ0) is 10.7. The van der Waals surface area contributed by atoms with Gasteiger partial charge in [-0.05, 0) is 33.6 Å². The van der Waals surface area contributed by atoms with Crippen molar-refractivity contribution < 1.29 is 9.52 Å². The van der Waals surface area contributed by atoms with Crippen molar-refractivity contribution in [3.63, 3.8) is 0 Å². The van der Waals surface area contributed by atoms with E-state index in [1.165, 1.54) is 0 Å². The van der Waals surface area contributed by atoms with Crippen LogP contribution in [-0.4, -0.2) is 10.1 Å². The summed E-state index contributed by atoms with van der Waals surface area (Å²) in [5.74, 6) is 0. The van der Waals surface area contributed by atoms with Crippen molar-refractivity contribution in [1.29, 1.82) is 0 Å². The third-order valence-corrected chi connectivity index (χ3v) is 2.80. The summed E-state index contributed by atoms with van der Waals surface area (Å²) in [4.78, 5) is 4.00. The Bertz CT molecular complexity index is 427. The molecule has 15 heavy (non-hydrogen) atoms. The number of pyridine rings is 1. The molecule has 0 radical (unpaired) electrons. The number of hydrogen-bond acceptors (Lipinski definition) is 3. The van der Waals surface area contributed by atoms with Gasteiger partial charge in [0.15, 0.2) is 4.67 Å². The van der Waals surface area contributed by atoms with Crippen LogP contribution in [0.3, 0.4) is 0 Å². The monoisotopic (exact) mass is 267 g/mol. The first-order valence-corrected chi connectivity index (χ1v) is 5.36. The molecule has 0 spiro atoms. The summed E-state index contributed by atoms with van der Waals surface area (Å²) in [5.41, 5.74) is 1.76. The van der Waals surface area contributed by atoms with Gasteiger partial charge in [-0.2, -0.15) is 0 Å². The van der Waals surface area contributed by atoms with Gasteiger partial charge in [-0.3, -0.25) is 4.98 Å². The molecule has 0 aliphatic heterocycles. The third kappa shape index (κ3) is 2.46. The molecule has 2 aromatic heterocycles. The zero-order valence-corrected chi connectivity index (χ0v) is 9.52. The fourth-order valence-electron chi connectivity index (χ4n) is 1.39. The molecule has 78 valence electrons. The van der Waals surface area contributed by atoms with E-state index in [1.54, 1.807) is 24.7 Å². The molecular weight excluding hydrogens is 258 g/mol. The van der Waals surface area contributed by atoms with Crippen molar-refractivity contribution in [3.05, 3.63) is 52.7 Å². The molecule has 1 unspecified atom stereocenters. The van der Waals surface area contributed by atoms with Gasteiger partial charge >= 0.3 is 0 Å². The van der Waals surface area contributed by atoms with Crippen LogP contribution >= 0.6 is 15.9 Å². The Morgan fingerprint density at radius 3 is 2.93 bits per heavy atom. The van der Waals surface area contributed by atoms with Crippen LogP contribution in [-0.2, 0) is 6.42 Å². The Kier molecular flexibility index (Phi) is 3.18. The molecule has 2 aromatic rings. The lowest BCUT2D eigenvalue weighted by Crippen LogP contribution is -2.01. The van der Waals surface area contributed by atoms with E-state index < -0.39 is 6.10 Å². The second-order valence-corrected chi connectivity index (χ2v) is 3.95. The molecule has 1 atom stereocenters. The second-order valence-electron chi connectivity index (χ2n) is 3.23. The highest BCUT2D eigenvalue weighted by atomic mass is 79.9. The molecular formula is C11H10BrNO2. The molecule has 4 heteroatoms. The molecule has 1 N–H and O–H groups in total. The van der Waals surface area contributed by atoms with Crippen molar-refractivity contribution in [3.8, 4) is 0 Å². The average molecular weight is 268 g/mol. The van der Waals surface area contributed by atoms with Crippen LogP contribution in [0.25, 0.3) is 0 Å². The number of nitrogens with zero attached hydrogens (tertiary/aromatic N) is 1. The molecule has 0 aliphatic carbocycles. The minimum Gasteiger partial charge on any atom is -0.457 e. The number of aliphatic hydroxyl groups excluding tert-OH is 1. The number of halogens is 1. The summed E-state index contributed by atoms with van der Waals surface area (Å²) in [7, 11) is 0. The predicted molar refractivity (Wildman–Crippen MR) is 59.3 cm³/mol. The minimum absolute atomic E-state index is 0.534. The number of aromatic nitrogens is 1. The van der Waals surface area contributed by atoms with Gasteiger partial charge in [-0.25, -0.2) is 0 Å². The van der Waals surface area contributed by atoms with Crippen molar-refractivity contribution >= 4 is 15.9 Å². The number of aliphatic hydroxyl groups is 1. The maximum absolute atomic E-state index is 9.93. The van der Waals surface area contributed by atoms with E-state index in [2.05, 4.69) is 20.9 Å². The summed E-state index contributed by atoms with van der Waals surface area (Å²) in [6, 6.07) is 5.54. The Labute approximate surface area is 95.9 Å². The summed E-state index contributed by atoms with van der Waals surface area (Å²) in [5, 5.41) is 9.93. The van der Waals surface area contributed by atoms with E-state index in [9.17, 15) is 5.11 Å². The van der Waals surface area contributed by atoms with Crippen LogP contribution in [0.2, 0.25) is 0 Å². The Morgan fingerprint density at radius 1 is 1.47 bits per heavy atom. The Balaban J connectivity index is 2.11. The van der Waals surface area contributed by atoms with Crippen LogP contribution in [0.4, 0.5) is 0 Å². The molecule has 0 amide bonds. The van der Waals surface area contributed by atoms with Gasteiger partial charge in [0.2, 0.25) is 0 Å². The summed E-state index contributed by atoms with van der Waals surface area (Å²) < 4.78 is 5.65. The van der Waals surface area contributed by atoms with Crippen LogP contribution < -0.4 is 0 Å². The standard InChI is InChI=1S/C11H10BrNO2/c12-11-9(3-5-15-11)10(14)6-8-2-1-4-13-7-8/h1-5,7,10,14H,6H2. The lowest BCUT2D eigenvalue weighted by molar-refractivity contribution is 0.176. The highest BCUT2D eigenvalue weighted by Gasteiger charge is 2.14. The van der Waals surface area contributed by atoms with E-state index in [1.807, 2.05) is 12.1 Å². The quantitative estimate of drug-likeness (QED) is 0.930. The van der Waals surface area contributed by atoms with Gasteiger partial charge in [-0.1, -0.05) is 6.07 Å². The van der Waals surface area contributed by atoms with E-state index in [4.69, 9.17) is 4.42 Å². The van der Waals surface area contributed by atoms with Crippen LogP contribution in [0.15, 0.2) is 45.9 Å². The molecule has 0 saturated carbocycles. The lowest BCUT2D eigenvalue weighted by atomic mass is 10.1. The Morgan fingerprint density at radius 2 is 2.33 bits per heavy atom. The molecule has 2 heterocycles. The number of hydrogen-bond donors (Lipinski definition) is 1. The van der Waals surface area contributed by atoms with Gasteiger partial charge < -0.3 is 9.52 Å². The van der Waals surface area contributed by atoms with Crippen LogP contribution in [0, 0.1) is 0 Å². The van der Waals surface area contributed by atoms with E-state index >= 15 is 0 Å². The normalized spacial score (nSPS) is 12.7. The molecule has 0 saturated heterocycles. The van der Waals surface area contributed by atoms with Crippen molar-refractivity contribution in [2.75, 3.05) is 0 Å². The van der Waals surface area contributed by atoms with E-state index in [0.717, 1.165) is 11.1 Å². The van der Waals surface area contributed by atoms with Gasteiger partial charge in [0.25, 0.3) is 0 Å². The predicted octanol–water partition coefficient (Wildman–Crippen LogP) is 2.71. The first-order chi connectivity index (χ1) is 7.27. The number of rotatable bonds is 3. The molecule has 0 fully saturated rings. The SMILES string of the molecule is OC(Cc1cccnc1)c1ccoc1Br. The van der Waals surface area contributed by atoms with Crippen molar-refractivity contribution in [2.24, 2.45) is 0 Å². The van der Waals surface area contributed by atoms with Crippen LogP contribution in [0.5, 0.6) is 0 Å². The molecule has 0 bridgehead atoms. The maximum Gasteiger partial charge on any atom is 0.174 e. The van der Waals surface area contributed by atoms with Crippen molar-refractivity contribution in [2.45, 2.75) is 12.5 Å². The minimum atomic E-state index is -0.567. The molecule has 3 nitrogen and oxygen atoms in total. The largest absolute Gasteiger partial charge is 0.457 e. The van der Waals surface area contributed by atoms with Gasteiger partial charge in [0, 0.05) is 24.4 Å². The average Bonchev–Trinajstić information content (AvgIpc) is 2.66. The second kappa shape index (κ2) is 4.59. The zero-order valence-electron chi connectivity index (χ0n) is 7.93. The summed E-state index contributed by atoms with van der Waals surface area (Å²) in [6.45, 7) is 0. The van der Waals surface area contributed by atoms with E-state index in [0.29, 0.717) is 11.1 Å². The topological polar surface area (TPSA) is 46.3 Å². The lowest BCUT2D eigenvalue weighted by Gasteiger charge is -2.08. The van der Waals surface area contributed by atoms with Crippen LogP contribution in [0.1, 0.15) is 17.2 Å². The smallest absolute Gasteiger partial charge is 0.174 e. The maximum atomic E-state index is 9.93. The van der Waals surface area contributed by atoms with Gasteiger partial charge in [0.05, 0.1) is 12.4 Å². The highest BCUT2D eigenvalue weighted by molar-refractivity contribution is 9.10. The van der Waals surface area contributed by atoms with Gasteiger partial charge in [0.1, 0.15) is 0 Å². The highest BCUT2D eigenvalue weighted by Crippen LogP contribution is 2.26. The third-order valence-electron chi connectivity index (χ3n) is 2.16. The first kappa shape index (κ1) is 10.4. The first-order valence-electron chi connectivity index (χ1n) is 4.57. The van der Waals surface area contributed by atoms with Gasteiger partial charge in [-0.15, -0.1) is 0 Å². The summed E-state index contributed by atoms with van der Waals surface area (Å²) >= 11 is 3.24. The fraction of sp³-hybridized carbons (Fsp3) is 0.182. The molecule has 2 rings (SSSR count). The summed E-state index contributed by atoms with van der Waals surface area (Å²) in [6.07, 6.45) is 4.97. The molecule has 0 aliphatic rings. The van der Waals surface area contributed by atoms with Crippen molar-refractivity contribution in [1.82, 2.24) is 4.98 Å². The van der Waals surface area contributed by atoms with E-state index in [-0.39, 0.29) is 0 Å². The molecule has 0 aromatic carbocycles. The Hall–Kier alpha value is -1.13. The number of furan rings is 1. The fourth-order valence-corrected chi connectivity index (χ4v) is 1.90.